The lowest BCUT2D eigenvalue weighted by atomic mass is 10.0. The fourth-order valence-corrected chi connectivity index (χ4v) is 4.52. The van der Waals surface area contributed by atoms with Gasteiger partial charge in [-0.05, 0) is 17.7 Å². The van der Waals surface area contributed by atoms with Crippen LogP contribution in [0.2, 0.25) is 0 Å². The molecule has 3 aromatic rings. The molecule has 0 bridgehead atoms. The van der Waals surface area contributed by atoms with Crippen molar-refractivity contribution >= 4 is 75.4 Å². The second-order valence-corrected chi connectivity index (χ2v) is 7.31. The Kier molecular flexibility index (Phi) is 4.76. The molecule has 0 N–H and O–H groups in total. The van der Waals surface area contributed by atoms with Crippen LogP contribution in [0.25, 0.3) is 20.2 Å². The van der Waals surface area contributed by atoms with Crippen molar-refractivity contribution in [2.75, 3.05) is 10.7 Å². The molecule has 22 heavy (non-hydrogen) atoms. The summed E-state index contributed by atoms with van der Waals surface area (Å²) in [5, 5.41) is 3.27. The molecule has 0 aliphatic carbocycles. The van der Waals surface area contributed by atoms with Crippen molar-refractivity contribution < 1.29 is 9.59 Å². The van der Waals surface area contributed by atoms with Gasteiger partial charge in [0.2, 0.25) is 0 Å². The maximum absolute atomic E-state index is 11.8. The number of alkyl halides is 2. The maximum atomic E-state index is 11.8. The first-order valence-electron chi connectivity index (χ1n) is 6.74. The van der Waals surface area contributed by atoms with E-state index in [-0.39, 0.29) is 11.7 Å². The summed E-state index contributed by atoms with van der Waals surface area (Å²) < 4.78 is 2.24. The Morgan fingerprint density at radius 2 is 1.77 bits per heavy atom. The number of benzene rings is 2. The largest absolute Gasteiger partial charge is 0.303 e. The molecule has 0 aliphatic rings. The zero-order valence-electron chi connectivity index (χ0n) is 11.5. The number of hydrogen-bond donors (Lipinski definition) is 0. The predicted octanol–water partition coefficient (Wildman–Crippen LogP) is 5.31. The van der Waals surface area contributed by atoms with Gasteiger partial charge in [0.25, 0.3) is 0 Å². The zero-order chi connectivity index (χ0) is 15.7. The Morgan fingerprint density at radius 1 is 1.09 bits per heavy atom. The van der Waals surface area contributed by atoms with Gasteiger partial charge in [0, 0.05) is 37.0 Å². The van der Waals surface area contributed by atoms with E-state index >= 15 is 0 Å². The lowest BCUT2D eigenvalue weighted by Crippen LogP contribution is -2.00. The fourth-order valence-electron chi connectivity index (χ4n) is 2.48. The van der Waals surface area contributed by atoms with Gasteiger partial charge in [-0.25, -0.2) is 0 Å². The first-order chi connectivity index (χ1) is 10.7. The number of aldehydes is 1. The van der Waals surface area contributed by atoms with Crippen molar-refractivity contribution in [3.8, 4) is 0 Å². The highest BCUT2D eigenvalue weighted by Crippen LogP contribution is 2.36. The molecule has 112 valence electrons. The summed E-state index contributed by atoms with van der Waals surface area (Å²) in [5.74, 6) is -0.0412. The van der Waals surface area contributed by atoms with E-state index in [1.807, 2.05) is 24.3 Å². The van der Waals surface area contributed by atoms with E-state index in [4.69, 9.17) is 0 Å². The Hall–Kier alpha value is -1.04. The van der Waals surface area contributed by atoms with E-state index in [2.05, 4.69) is 44.0 Å². The Balaban J connectivity index is 2.16. The van der Waals surface area contributed by atoms with Crippen LogP contribution in [0.3, 0.4) is 0 Å². The molecule has 1 unspecified atom stereocenters. The summed E-state index contributed by atoms with van der Waals surface area (Å²) in [6, 6.07) is 12.0. The van der Waals surface area contributed by atoms with Crippen molar-refractivity contribution in [3.05, 3.63) is 47.5 Å². The minimum Gasteiger partial charge on any atom is -0.303 e. The van der Waals surface area contributed by atoms with Crippen LogP contribution in [0.4, 0.5) is 0 Å². The smallest absolute Gasteiger partial charge is 0.173 e. The number of Topliss-reactive ketones (excluding diaryl/α,β-unsaturated/α-hetero) is 1. The van der Waals surface area contributed by atoms with E-state index in [1.54, 1.807) is 11.3 Å². The summed E-state index contributed by atoms with van der Waals surface area (Å²) >= 11 is 8.24. The Morgan fingerprint density at radius 3 is 2.41 bits per heavy atom. The molecule has 2 nitrogen and oxygen atoms in total. The van der Waals surface area contributed by atoms with E-state index in [9.17, 15) is 9.59 Å². The molecule has 2 aromatic carbocycles. The molecule has 1 aromatic heterocycles. The second kappa shape index (κ2) is 6.60. The Bertz CT molecular complexity index is 870. The van der Waals surface area contributed by atoms with Crippen LogP contribution in [0.5, 0.6) is 0 Å². The average molecular weight is 440 g/mol. The highest BCUT2D eigenvalue weighted by molar-refractivity contribution is 9.09. The molecular formula is C17H12Br2O2S. The normalized spacial score (nSPS) is 12.6. The molecule has 3 rings (SSSR count). The highest BCUT2D eigenvalue weighted by Gasteiger charge is 2.13. The minimum absolute atomic E-state index is 0.0837. The highest BCUT2D eigenvalue weighted by atomic mass is 79.9. The number of hydrogen-bond acceptors (Lipinski definition) is 3. The Labute approximate surface area is 148 Å². The summed E-state index contributed by atoms with van der Waals surface area (Å²) in [7, 11) is 0. The van der Waals surface area contributed by atoms with Crippen LogP contribution in [-0.2, 0) is 4.79 Å². The number of ketones is 1. The van der Waals surface area contributed by atoms with Gasteiger partial charge in [0.15, 0.2) is 5.78 Å². The van der Waals surface area contributed by atoms with Crippen LogP contribution in [-0.4, -0.2) is 22.7 Å². The molecule has 0 fully saturated rings. The van der Waals surface area contributed by atoms with Gasteiger partial charge in [-0.3, -0.25) is 4.79 Å². The van der Waals surface area contributed by atoms with Gasteiger partial charge in [-0.2, -0.15) is 0 Å². The molecule has 1 atom stereocenters. The van der Waals surface area contributed by atoms with E-state index in [0.717, 1.165) is 32.2 Å². The summed E-state index contributed by atoms with van der Waals surface area (Å²) in [6.07, 6.45) is 0.968. The molecule has 0 saturated heterocycles. The van der Waals surface area contributed by atoms with Crippen molar-refractivity contribution in [1.29, 1.82) is 0 Å². The third-order valence-electron chi connectivity index (χ3n) is 3.70. The quantitative estimate of drug-likeness (QED) is 0.306. The maximum Gasteiger partial charge on any atom is 0.173 e. The second-order valence-electron chi connectivity index (χ2n) is 5.02. The van der Waals surface area contributed by atoms with Gasteiger partial charge in [0.05, 0.1) is 5.33 Å². The number of halogens is 2. The van der Waals surface area contributed by atoms with Gasteiger partial charge in [-0.1, -0.05) is 56.1 Å². The SMILES string of the molecule is O=CC(CBr)c1ccc2c(c1)sc1cc(C(=O)CBr)ccc12. The molecule has 0 spiro atoms. The first kappa shape index (κ1) is 15.8. The van der Waals surface area contributed by atoms with Gasteiger partial charge < -0.3 is 4.79 Å². The zero-order valence-corrected chi connectivity index (χ0v) is 15.5. The molecule has 0 aliphatic heterocycles. The van der Waals surface area contributed by atoms with Crippen LogP contribution in [0, 0.1) is 0 Å². The van der Waals surface area contributed by atoms with Crippen LogP contribution >= 0.6 is 43.2 Å². The summed E-state index contributed by atoms with van der Waals surface area (Å²) in [4.78, 5) is 22.9. The molecule has 0 saturated carbocycles. The van der Waals surface area contributed by atoms with E-state index < -0.39 is 0 Å². The van der Waals surface area contributed by atoms with Crippen molar-refractivity contribution in [2.45, 2.75) is 5.92 Å². The number of rotatable bonds is 5. The molecule has 0 radical (unpaired) electrons. The standard InChI is InChI=1S/C17H12Br2O2S/c18-7-12(9-20)10-1-3-13-14-4-2-11(15(21)8-19)6-17(14)22-16(13)5-10/h1-6,9,12H,7-8H2. The number of carbonyl (C=O) groups excluding carboxylic acids is 2. The van der Waals surface area contributed by atoms with Crippen LogP contribution in [0.1, 0.15) is 21.8 Å². The fraction of sp³-hybridized carbons (Fsp3) is 0.176. The van der Waals surface area contributed by atoms with E-state index in [1.165, 1.54) is 5.39 Å². The molecule has 0 amide bonds. The minimum atomic E-state index is -0.125. The lowest BCUT2D eigenvalue weighted by Gasteiger charge is -2.06. The first-order valence-corrected chi connectivity index (χ1v) is 9.80. The summed E-state index contributed by atoms with van der Waals surface area (Å²) in [6.45, 7) is 0. The average Bonchev–Trinajstić information content (AvgIpc) is 2.92. The predicted molar refractivity (Wildman–Crippen MR) is 100 cm³/mol. The van der Waals surface area contributed by atoms with Gasteiger partial charge >= 0.3 is 0 Å². The number of fused-ring (bicyclic) bond motifs is 3. The van der Waals surface area contributed by atoms with Crippen LogP contribution < -0.4 is 0 Å². The third kappa shape index (κ3) is 2.77. The van der Waals surface area contributed by atoms with Gasteiger partial charge in [-0.15, -0.1) is 11.3 Å². The van der Waals surface area contributed by atoms with Crippen molar-refractivity contribution in [3.63, 3.8) is 0 Å². The van der Waals surface area contributed by atoms with E-state index in [0.29, 0.717) is 10.7 Å². The van der Waals surface area contributed by atoms with Crippen LogP contribution in [0.15, 0.2) is 36.4 Å². The summed E-state index contributed by atoms with van der Waals surface area (Å²) in [5.41, 5.74) is 1.74. The van der Waals surface area contributed by atoms with Crippen molar-refractivity contribution in [2.24, 2.45) is 0 Å². The topological polar surface area (TPSA) is 34.1 Å². The van der Waals surface area contributed by atoms with Crippen molar-refractivity contribution in [1.82, 2.24) is 0 Å². The lowest BCUT2D eigenvalue weighted by molar-refractivity contribution is -0.108. The van der Waals surface area contributed by atoms with Gasteiger partial charge in [0.1, 0.15) is 6.29 Å². The third-order valence-corrected chi connectivity index (χ3v) is 6.02. The molecular weight excluding hydrogens is 428 g/mol. The number of carbonyl (C=O) groups is 2. The monoisotopic (exact) mass is 438 g/mol. The molecule has 1 heterocycles. The number of thiophene rings is 1. The molecule has 5 heteroatoms.